The molecule has 0 amide bonds. The van der Waals surface area contributed by atoms with Crippen LogP contribution in [0.5, 0.6) is 11.5 Å². The molecular formula is C17H18FNO2. The largest absolute Gasteiger partial charge is 0.486 e. The highest BCUT2D eigenvalue weighted by Crippen LogP contribution is 2.30. The maximum atomic E-state index is 13.8. The first kappa shape index (κ1) is 13.9. The van der Waals surface area contributed by atoms with Crippen molar-refractivity contribution in [3.05, 3.63) is 58.9 Å². The lowest BCUT2D eigenvalue weighted by Gasteiger charge is -2.15. The zero-order chi connectivity index (χ0) is 14.8. The van der Waals surface area contributed by atoms with E-state index in [4.69, 9.17) is 15.2 Å². The fourth-order valence-electron chi connectivity index (χ4n) is 2.59. The molecule has 0 aromatic heterocycles. The standard InChI is InChI=1S/C17H18FNO2/c1-11-5-6-16-13(7-11)8-14(21-16)10-20-17-12(9-19)3-2-4-15(17)18/h2-7,14H,8-10,19H2,1H3. The Bertz CT molecular complexity index is 657. The third kappa shape index (κ3) is 2.85. The molecule has 21 heavy (non-hydrogen) atoms. The lowest BCUT2D eigenvalue weighted by Crippen LogP contribution is -2.23. The highest BCUT2D eigenvalue weighted by Gasteiger charge is 2.24. The molecule has 0 saturated carbocycles. The van der Waals surface area contributed by atoms with Crippen molar-refractivity contribution in [1.29, 1.82) is 0 Å². The minimum absolute atomic E-state index is 0.0907. The van der Waals surface area contributed by atoms with E-state index >= 15 is 0 Å². The van der Waals surface area contributed by atoms with Gasteiger partial charge in [-0.2, -0.15) is 0 Å². The number of aryl methyl sites for hydroxylation is 1. The highest BCUT2D eigenvalue weighted by atomic mass is 19.1. The van der Waals surface area contributed by atoms with Crippen molar-refractivity contribution in [2.24, 2.45) is 5.73 Å². The number of hydrogen-bond acceptors (Lipinski definition) is 3. The van der Waals surface area contributed by atoms with Gasteiger partial charge in [0.05, 0.1) is 0 Å². The summed E-state index contributed by atoms with van der Waals surface area (Å²) in [6, 6.07) is 10.9. The Labute approximate surface area is 123 Å². The van der Waals surface area contributed by atoms with Gasteiger partial charge in [-0.05, 0) is 24.6 Å². The van der Waals surface area contributed by atoms with Crippen LogP contribution in [0.2, 0.25) is 0 Å². The second-order valence-corrected chi connectivity index (χ2v) is 5.30. The van der Waals surface area contributed by atoms with Gasteiger partial charge in [-0.15, -0.1) is 0 Å². The summed E-state index contributed by atoms with van der Waals surface area (Å²) in [6.07, 6.45) is 0.690. The molecule has 110 valence electrons. The van der Waals surface area contributed by atoms with Crippen molar-refractivity contribution < 1.29 is 13.9 Å². The topological polar surface area (TPSA) is 44.5 Å². The molecular weight excluding hydrogens is 269 g/mol. The van der Waals surface area contributed by atoms with Gasteiger partial charge in [0.15, 0.2) is 11.6 Å². The molecule has 3 rings (SSSR count). The monoisotopic (exact) mass is 287 g/mol. The van der Waals surface area contributed by atoms with Crippen LogP contribution >= 0.6 is 0 Å². The zero-order valence-electron chi connectivity index (χ0n) is 11.9. The number of rotatable bonds is 4. The zero-order valence-corrected chi connectivity index (χ0v) is 11.9. The van der Waals surface area contributed by atoms with Gasteiger partial charge in [0.25, 0.3) is 0 Å². The first-order chi connectivity index (χ1) is 10.2. The molecule has 1 heterocycles. The van der Waals surface area contributed by atoms with Crippen LogP contribution in [-0.4, -0.2) is 12.7 Å². The smallest absolute Gasteiger partial charge is 0.165 e. The maximum absolute atomic E-state index is 13.8. The Morgan fingerprint density at radius 3 is 3.00 bits per heavy atom. The van der Waals surface area contributed by atoms with Crippen LogP contribution in [0, 0.1) is 12.7 Å². The quantitative estimate of drug-likeness (QED) is 0.940. The van der Waals surface area contributed by atoms with E-state index in [9.17, 15) is 4.39 Å². The normalized spacial score (nSPS) is 16.4. The number of para-hydroxylation sites is 1. The minimum atomic E-state index is -0.385. The van der Waals surface area contributed by atoms with Gasteiger partial charge >= 0.3 is 0 Å². The van der Waals surface area contributed by atoms with E-state index < -0.39 is 0 Å². The molecule has 3 nitrogen and oxygen atoms in total. The summed E-state index contributed by atoms with van der Waals surface area (Å²) in [5, 5.41) is 0. The number of nitrogens with two attached hydrogens (primary N) is 1. The van der Waals surface area contributed by atoms with Crippen LogP contribution in [-0.2, 0) is 13.0 Å². The molecule has 0 bridgehead atoms. The number of ether oxygens (including phenoxy) is 2. The van der Waals surface area contributed by atoms with E-state index in [1.165, 1.54) is 17.2 Å². The van der Waals surface area contributed by atoms with E-state index in [0.717, 1.165) is 12.2 Å². The van der Waals surface area contributed by atoms with Crippen LogP contribution in [0.3, 0.4) is 0 Å². The van der Waals surface area contributed by atoms with Crippen molar-refractivity contribution >= 4 is 0 Å². The van der Waals surface area contributed by atoms with Crippen molar-refractivity contribution in [2.75, 3.05) is 6.61 Å². The van der Waals surface area contributed by atoms with Crippen LogP contribution in [0.15, 0.2) is 36.4 Å². The summed E-state index contributed by atoms with van der Waals surface area (Å²) < 4.78 is 25.2. The average Bonchev–Trinajstić information content (AvgIpc) is 2.87. The molecule has 2 aromatic carbocycles. The molecule has 1 aliphatic rings. The molecule has 1 unspecified atom stereocenters. The van der Waals surface area contributed by atoms with Crippen LogP contribution in [0.4, 0.5) is 4.39 Å². The van der Waals surface area contributed by atoms with Gasteiger partial charge in [0.2, 0.25) is 0 Å². The summed E-state index contributed by atoms with van der Waals surface area (Å²) in [7, 11) is 0. The Hall–Kier alpha value is -2.07. The highest BCUT2D eigenvalue weighted by molar-refractivity contribution is 5.40. The summed E-state index contributed by atoms with van der Waals surface area (Å²) in [6.45, 7) is 2.61. The molecule has 2 N–H and O–H groups in total. The number of benzene rings is 2. The van der Waals surface area contributed by atoms with E-state index in [1.807, 2.05) is 12.1 Å². The number of fused-ring (bicyclic) bond motifs is 1. The van der Waals surface area contributed by atoms with Crippen LogP contribution in [0.1, 0.15) is 16.7 Å². The van der Waals surface area contributed by atoms with Gasteiger partial charge < -0.3 is 15.2 Å². The van der Waals surface area contributed by atoms with Gasteiger partial charge in [-0.1, -0.05) is 29.8 Å². The molecule has 4 heteroatoms. The summed E-state index contributed by atoms with van der Waals surface area (Å²) in [5.41, 5.74) is 8.66. The van der Waals surface area contributed by atoms with Gasteiger partial charge in [-0.25, -0.2) is 4.39 Å². The molecule has 1 aliphatic heterocycles. The third-order valence-corrected chi connectivity index (χ3v) is 3.64. The van der Waals surface area contributed by atoms with E-state index in [-0.39, 0.29) is 24.2 Å². The predicted octanol–water partition coefficient (Wildman–Crippen LogP) is 2.98. The van der Waals surface area contributed by atoms with Gasteiger partial charge in [-0.3, -0.25) is 0 Å². The van der Waals surface area contributed by atoms with Crippen molar-refractivity contribution in [3.63, 3.8) is 0 Å². The Kier molecular flexibility index (Phi) is 3.80. The molecule has 2 aromatic rings. The van der Waals surface area contributed by atoms with Crippen molar-refractivity contribution in [2.45, 2.75) is 26.0 Å². The second-order valence-electron chi connectivity index (χ2n) is 5.30. The second kappa shape index (κ2) is 5.74. The molecule has 0 spiro atoms. The summed E-state index contributed by atoms with van der Waals surface area (Å²) >= 11 is 0. The third-order valence-electron chi connectivity index (χ3n) is 3.64. The maximum Gasteiger partial charge on any atom is 0.165 e. The number of halogens is 1. The minimum Gasteiger partial charge on any atom is -0.486 e. The summed E-state index contributed by atoms with van der Waals surface area (Å²) in [5.74, 6) is 0.738. The summed E-state index contributed by atoms with van der Waals surface area (Å²) in [4.78, 5) is 0. The molecule has 0 fully saturated rings. The van der Waals surface area contributed by atoms with Crippen LogP contribution in [0.25, 0.3) is 0 Å². The van der Waals surface area contributed by atoms with E-state index in [0.29, 0.717) is 12.2 Å². The van der Waals surface area contributed by atoms with Crippen LogP contribution < -0.4 is 15.2 Å². The van der Waals surface area contributed by atoms with Gasteiger partial charge in [0, 0.05) is 18.5 Å². The molecule has 0 saturated heterocycles. The van der Waals surface area contributed by atoms with E-state index in [1.54, 1.807) is 12.1 Å². The molecule has 0 radical (unpaired) electrons. The lowest BCUT2D eigenvalue weighted by molar-refractivity contribution is 0.144. The lowest BCUT2D eigenvalue weighted by atomic mass is 10.1. The first-order valence-corrected chi connectivity index (χ1v) is 7.04. The van der Waals surface area contributed by atoms with E-state index in [2.05, 4.69) is 13.0 Å². The Balaban J connectivity index is 1.68. The van der Waals surface area contributed by atoms with Crippen molar-refractivity contribution in [3.8, 4) is 11.5 Å². The fourth-order valence-corrected chi connectivity index (χ4v) is 2.59. The van der Waals surface area contributed by atoms with Gasteiger partial charge in [0.1, 0.15) is 18.5 Å². The SMILES string of the molecule is Cc1ccc2c(c1)CC(COc1c(F)cccc1CN)O2. The predicted molar refractivity (Wildman–Crippen MR) is 79.1 cm³/mol. The first-order valence-electron chi connectivity index (χ1n) is 7.04. The number of hydrogen-bond donors (Lipinski definition) is 1. The Morgan fingerprint density at radius 1 is 1.33 bits per heavy atom. The molecule has 0 aliphatic carbocycles. The fraction of sp³-hybridized carbons (Fsp3) is 0.294. The van der Waals surface area contributed by atoms with Crippen molar-refractivity contribution in [1.82, 2.24) is 0 Å². The average molecular weight is 287 g/mol. The Morgan fingerprint density at radius 2 is 2.19 bits per heavy atom. The molecule has 1 atom stereocenters.